The van der Waals surface area contributed by atoms with E-state index in [0.717, 1.165) is 25.9 Å². The van der Waals surface area contributed by atoms with Crippen LogP contribution in [-0.2, 0) is 16.0 Å². The first kappa shape index (κ1) is 14.5. The summed E-state index contributed by atoms with van der Waals surface area (Å²) in [5.41, 5.74) is 1.26. The lowest BCUT2D eigenvalue weighted by Gasteiger charge is -2.25. The fraction of sp³-hybridized carbons (Fsp3) is 0.647. The Morgan fingerprint density at radius 1 is 1.19 bits per heavy atom. The van der Waals surface area contributed by atoms with Crippen molar-refractivity contribution in [1.82, 2.24) is 10.3 Å². The number of amides is 1. The smallest absolute Gasteiger partial charge is 0.223 e. The van der Waals surface area contributed by atoms with Gasteiger partial charge in [0.15, 0.2) is 0 Å². The number of carbonyl (C=O) groups is 1. The molecule has 2 fully saturated rings. The van der Waals surface area contributed by atoms with Crippen molar-refractivity contribution in [3.63, 3.8) is 0 Å². The lowest BCUT2D eigenvalue weighted by atomic mass is 9.88. The van der Waals surface area contributed by atoms with Crippen LogP contribution in [0.2, 0.25) is 0 Å². The maximum absolute atomic E-state index is 12.4. The largest absolute Gasteiger partial charge is 0.379 e. The Morgan fingerprint density at radius 2 is 1.95 bits per heavy atom. The molecule has 1 amide bonds. The molecule has 1 N–H and O–H groups in total. The van der Waals surface area contributed by atoms with Crippen LogP contribution in [0.25, 0.3) is 0 Å². The summed E-state index contributed by atoms with van der Waals surface area (Å²) >= 11 is 0. The number of aromatic nitrogens is 1. The van der Waals surface area contributed by atoms with Gasteiger partial charge < -0.3 is 10.1 Å². The molecule has 21 heavy (non-hydrogen) atoms. The first-order chi connectivity index (χ1) is 10.3. The lowest BCUT2D eigenvalue weighted by molar-refractivity contribution is -0.126. The molecular weight excluding hydrogens is 264 g/mol. The van der Waals surface area contributed by atoms with Crippen LogP contribution in [0, 0.1) is 11.8 Å². The number of hydrogen-bond acceptors (Lipinski definition) is 3. The quantitative estimate of drug-likeness (QED) is 0.925. The summed E-state index contributed by atoms with van der Waals surface area (Å²) in [5.74, 6) is 0.839. The van der Waals surface area contributed by atoms with Gasteiger partial charge in [0.05, 0.1) is 19.3 Å². The summed E-state index contributed by atoms with van der Waals surface area (Å²) in [5, 5.41) is 3.24. The third-order valence-corrected chi connectivity index (χ3v) is 4.75. The summed E-state index contributed by atoms with van der Waals surface area (Å²) in [7, 11) is 0. The van der Waals surface area contributed by atoms with E-state index in [4.69, 9.17) is 4.74 Å². The zero-order chi connectivity index (χ0) is 14.5. The molecule has 1 aromatic rings. The molecule has 4 heteroatoms. The second-order valence-electron chi connectivity index (χ2n) is 6.31. The minimum Gasteiger partial charge on any atom is -0.379 e. The summed E-state index contributed by atoms with van der Waals surface area (Å²) in [6.07, 6.45) is 10.4. The number of hydrogen-bond donors (Lipinski definition) is 1. The van der Waals surface area contributed by atoms with Crippen LogP contribution in [0.5, 0.6) is 0 Å². The summed E-state index contributed by atoms with van der Waals surface area (Å²) in [6, 6.07) is 4.24. The van der Waals surface area contributed by atoms with Crippen LogP contribution in [0.15, 0.2) is 24.5 Å². The summed E-state index contributed by atoms with van der Waals surface area (Å²) in [6.45, 7) is 1.38. The van der Waals surface area contributed by atoms with E-state index in [1.54, 1.807) is 0 Å². The molecule has 1 saturated heterocycles. The molecule has 2 aliphatic rings. The Balaban J connectivity index is 1.55. The second kappa shape index (κ2) is 7.03. The zero-order valence-electron chi connectivity index (χ0n) is 12.5. The van der Waals surface area contributed by atoms with E-state index in [0.29, 0.717) is 12.5 Å². The lowest BCUT2D eigenvalue weighted by Crippen LogP contribution is -2.43. The number of ether oxygens (including phenoxy) is 1. The van der Waals surface area contributed by atoms with E-state index in [1.165, 1.54) is 24.8 Å². The van der Waals surface area contributed by atoms with Gasteiger partial charge in [-0.2, -0.15) is 0 Å². The number of carbonyl (C=O) groups excluding carboxylic acids is 1. The Hall–Kier alpha value is -1.42. The van der Waals surface area contributed by atoms with Gasteiger partial charge in [0, 0.05) is 24.2 Å². The van der Waals surface area contributed by atoms with E-state index in [2.05, 4.69) is 10.3 Å². The van der Waals surface area contributed by atoms with Crippen molar-refractivity contribution in [3.05, 3.63) is 30.1 Å². The fourth-order valence-electron chi connectivity index (χ4n) is 3.45. The first-order valence-electron chi connectivity index (χ1n) is 8.10. The van der Waals surface area contributed by atoms with Crippen LogP contribution >= 0.6 is 0 Å². The third-order valence-electron chi connectivity index (χ3n) is 4.75. The van der Waals surface area contributed by atoms with Crippen molar-refractivity contribution in [1.29, 1.82) is 0 Å². The fourth-order valence-corrected chi connectivity index (χ4v) is 3.45. The molecule has 1 aromatic heterocycles. The molecule has 0 aromatic carbocycles. The molecule has 0 radical (unpaired) electrons. The Kier molecular flexibility index (Phi) is 4.86. The molecular formula is C17H24N2O2. The number of nitrogens with zero attached hydrogens (tertiary/aromatic N) is 1. The van der Waals surface area contributed by atoms with E-state index < -0.39 is 0 Å². The van der Waals surface area contributed by atoms with Gasteiger partial charge in [-0.15, -0.1) is 0 Å². The zero-order valence-corrected chi connectivity index (χ0v) is 12.5. The molecule has 2 heterocycles. The highest BCUT2D eigenvalue weighted by Crippen LogP contribution is 2.25. The molecule has 0 spiro atoms. The van der Waals surface area contributed by atoms with Crippen LogP contribution in [0.1, 0.15) is 37.7 Å². The van der Waals surface area contributed by atoms with Gasteiger partial charge in [-0.05, 0) is 37.0 Å². The van der Waals surface area contributed by atoms with E-state index >= 15 is 0 Å². The van der Waals surface area contributed by atoms with Crippen LogP contribution in [0.4, 0.5) is 0 Å². The second-order valence-corrected chi connectivity index (χ2v) is 6.31. The SMILES string of the molecule is O=C(N[C@@H]1COC[C@H]1Cc1ccncc1)C1CCCCC1. The summed E-state index contributed by atoms with van der Waals surface area (Å²) in [4.78, 5) is 16.4. The molecule has 114 valence electrons. The highest BCUT2D eigenvalue weighted by molar-refractivity contribution is 5.79. The molecule has 1 aliphatic heterocycles. The highest BCUT2D eigenvalue weighted by Gasteiger charge is 2.31. The molecule has 1 aliphatic carbocycles. The van der Waals surface area contributed by atoms with Gasteiger partial charge in [-0.1, -0.05) is 19.3 Å². The molecule has 3 rings (SSSR count). The van der Waals surface area contributed by atoms with Gasteiger partial charge in [0.25, 0.3) is 0 Å². The Bertz CT molecular complexity index is 457. The van der Waals surface area contributed by atoms with E-state index in [-0.39, 0.29) is 17.9 Å². The molecule has 0 unspecified atom stereocenters. The van der Waals surface area contributed by atoms with Crippen molar-refractivity contribution < 1.29 is 9.53 Å². The van der Waals surface area contributed by atoms with Gasteiger partial charge in [0.2, 0.25) is 5.91 Å². The minimum atomic E-state index is 0.160. The van der Waals surface area contributed by atoms with Crippen molar-refractivity contribution >= 4 is 5.91 Å². The third kappa shape index (κ3) is 3.82. The topological polar surface area (TPSA) is 51.2 Å². The standard InChI is InChI=1S/C17H24N2O2/c20-17(14-4-2-1-3-5-14)19-16-12-21-11-15(16)10-13-6-8-18-9-7-13/h6-9,14-16H,1-5,10-12H2,(H,19,20)/t15-,16-/m1/s1. The summed E-state index contributed by atoms with van der Waals surface area (Å²) < 4.78 is 5.60. The van der Waals surface area contributed by atoms with Crippen LogP contribution in [-0.4, -0.2) is 30.1 Å². The monoisotopic (exact) mass is 288 g/mol. The predicted molar refractivity (Wildman–Crippen MR) is 80.8 cm³/mol. The molecule has 0 bridgehead atoms. The van der Waals surface area contributed by atoms with Crippen molar-refractivity contribution in [2.75, 3.05) is 13.2 Å². The molecule has 2 atom stereocenters. The van der Waals surface area contributed by atoms with E-state index in [9.17, 15) is 4.79 Å². The average molecular weight is 288 g/mol. The number of nitrogens with one attached hydrogen (secondary N) is 1. The number of rotatable bonds is 4. The van der Waals surface area contributed by atoms with E-state index in [1.807, 2.05) is 24.5 Å². The maximum atomic E-state index is 12.4. The van der Waals surface area contributed by atoms with Crippen LogP contribution in [0.3, 0.4) is 0 Å². The maximum Gasteiger partial charge on any atom is 0.223 e. The van der Waals surface area contributed by atoms with Gasteiger partial charge in [-0.25, -0.2) is 0 Å². The van der Waals surface area contributed by atoms with Crippen molar-refractivity contribution in [2.24, 2.45) is 11.8 Å². The normalized spacial score (nSPS) is 26.7. The first-order valence-corrected chi connectivity index (χ1v) is 8.10. The number of pyridine rings is 1. The van der Waals surface area contributed by atoms with Crippen molar-refractivity contribution in [2.45, 2.75) is 44.6 Å². The van der Waals surface area contributed by atoms with Gasteiger partial charge in [-0.3, -0.25) is 9.78 Å². The Labute approximate surface area is 126 Å². The van der Waals surface area contributed by atoms with Gasteiger partial charge >= 0.3 is 0 Å². The molecule has 4 nitrogen and oxygen atoms in total. The molecule has 1 saturated carbocycles. The highest BCUT2D eigenvalue weighted by atomic mass is 16.5. The van der Waals surface area contributed by atoms with Crippen LogP contribution < -0.4 is 5.32 Å². The minimum absolute atomic E-state index is 0.160. The predicted octanol–water partition coefficient (Wildman–Crippen LogP) is 2.34. The average Bonchev–Trinajstić information content (AvgIpc) is 2.96. The van der Waals surface area contributed by atoms with Gasteiger partial charge in [0.1, 0.15) is 0 Å². The Morgan fingerprint density at radius 3 is 2.71 bits per heavy atom. The van der Waals surface area contributed by atoms with Crippen molar-refractivity contribution in [3.8, 4) is 0 Å².